The maximum atomic E-state index is 11.1. The number of nitrogens with two attached hydrogens (primary N) is 1. The predicted molar refractivity (Wildman–Crippen MR) is 101 cm³/mol. The van der Waals surface area contributed by atoms with Gasteiger partial charge in [-0.3, -0.25) is 15.2 Å². The van der Waals surface area contributed by atoms with Gasteiger partial charge in [-0.25, -0.2) is 4.98 Å². The predicted octanol–water partition coefficient (Wildman–Crippen LogP) is 2.45. The van der Waals surface area contributed by atoms with Gasteiger partial charge >= 0.3 is 0 Å². The van der Waals surface area contributed by atoms with E-state index in [9.17, 15) is 10.1 Å². The fourth-order valence-corrected chi connectivity index (χ4v) is 2.72. The molecule has 0 bridgehead atoms. The van der Waals surface area contributed by atoms with Crippen LogP contribution < -0.4 is 19.9 Å². The third-order valence-corrected chi connectivity index (χ3v) is 4.20. The van der Waals surface area contributed by atoms with Gasteiger partial charge in [-0.05, 0) is 23.8 Å². The van der Waals surface area contributed by atoms with E-state index in [0.29, 0.717) is 28.6 Å². The number of H-pyrrole nitrogens is 1. The zero-order valence-electron chi connectivity index (χ0n) is 15.5. The van der Waals surface area contributed by atoms with E-state index in [-0.39, 0.29) is 11.5 Å². The summed E-state index contributed by atoms with van der Waals surface area (Å²) in [7, 11) is 4.55. The van der Waals surface area contributed by atoms with Crippen LogP contribution >= 0.6 is 0 Å². The Morgan fingerprint density at radius 3 is 2.36 bits per heavy atom. The Hall–Kier alpha value is -3.66. The lowest BCUT2D eigenvalue weighted by molar-refractivity contribution is -0.384. The number of nitro benzene ring substituents is 1. The Bertz CT molecular complexity index is 1000. The fraction of sp³-hybridized carbons (Fsp3) is 0.222. The highest BCUT2D eigenvalue weighted by Gasteiger charge is 2.20. The number of rotatable bonds is 7. The lowest BCUT2D eigenvalue weighted by Gasteiger charge is -2.13. The van der Waals surface area contributed by atoms with Crippen LogP contribution in [0.2, 0.25) is 0 Å². The Balaban J connectivity index is 1.96. The largest absolute Gasteiger partial charge is 0.496 e. The van der Waals surface area contributed by atoms with Crippen LogP contribution in [0.1, 0.15) is 17.4 Å². The maximum absolute atomic E-state index is 11.1. The van der Waals surface area contributed by atoms with Crippen molar-refractivity contribution in [1.29, 1.82) is 0 Å². The molecule has 0 saturated carbocycles. The van der Waals surface area contributed by atoms with Crippen LogP contribution in [0.3, 0.4) is 0 Å². The molecular weight excluding hydrogens is 366 g/mol. The van der Waals surface area contributed by atoms with Crippen molar-refractivity contribution in [2.75, 3.05) is 21.3 Å². The molecule has 10 nitrogen and oxygen atoms in total. The summed E-state index contributed by atoms with van der Waals surface area (Å²) in [5.74, 6) is 2.16. The zero-order chi connectivity index (χ0) is 20.3. The van der Waals surface area contributed by atoms with Crippen LogP contribution in [0.5, 0.6) is 17.2 Å². The first-order chi connectivity index (χ1) is 13.5. The highest BCUT2D eigenvalue weighted by Crippen LogP contribution is 2.33. The second-order valence-corrected chi connectivity index (χ2v) is 5.78. The fourth-order valence-electron chi connectivity index (χ4n) is 2.72. The smallest absolute Gasteiger partial charge is 0.270 e. The number of non-ortho nitro benzene ring substituents is 1. The van der Waals surface area contributed by atoms with Crippen LogP contribution in [-0.2, 0) is 0 Å². The molecule has 10 heteroatoms. The van der Waals surface area contributed by atoms with Crippen molar-refractivity contribution in [2.45, 2.75) is 6.04 Å². The van der Waals surface area contributed by atoms with E-state index in [1.54, 1.807) is 25.3 Å². The van der Waals surface area contributed by atoms with E-state index in [0.717, 1.165) is 5.56 Å². The quantitative estimate of drug-likeness (QED) is 0.467. The third kappa shape index (κ3) is 3.58. The van der Waals surface area contributed by atoms with E-state index in [1.807, 2.05) is 0 Å². The van der Waals surface area contributed by atoms with Gasteiger partial charge in [0.05, 0.1) is 37.9 Å². The van der Waals surface area contributed by atoms with Crippen molar-refractivity contribution in [3.05, 3.63) is 57.9 Å². The Kier molecular flexibility index (Phi) is 5.41. The molecule has 0 aliphatic rings. The van der Waals surface area contributed by atoms with Gasteiger partial charge in [0, 0.05) is 12.1 Å². The van der Waals surface area contributed by atoms with Gasteiger partial charge in [-0.2, -0.15) is 5.10 Å². The summed E-state index contributed by atoms with van der Waals surface area (Å²) >= 11 is 0. The van der Waals surface area contributed by atoms with Crippen LogP contribution in [0.4, 0.5) is 5.69 Å². The van der Waals surface area contributed by atoms with Crippen molar-refractivity contribution in [3.8, 4) is 28.6 Å². The standard InChI is InChI=1S/C18H19N5O5/c1-26-13-7-5-11(23(24)25)9-12(13)17-20-18(22-21-17)16(19)10-4-6-14(27-2)15(8-10)28-3/h4-9,16H,19H2,1-3H3,(H,20,21,22). The second-order valence-electron chi connectivity index (χ2n) is 5.78. The molecule has 3 N–H and O–H groups in total. The number of aromatic nitrogens is 3. The first kappa shape index (κ1) is 19.1. The molecule has 0 aliphatic carbocycles. The molecule has 1 atom stereocenters. The Labute approximate surface area is 160 Å². The lowest BCUT2D eigenvalue weighted by Crippen LogP contribution is -2.14. The molecule has 0 amide bonds. The van der Waals surface area contributed by atoms with E-state index in [2.05, 4.69) is 15.2 Å². The van der Waals surface area contributed by atoms with Gasteiger partial charge < -0.3 is 19.9 Å². The molecule has 0 radical (unpaired) electrons. The molecule has 1 heterocycles. The molecule has 0 saturated heterocycles. The molecule has 1 unspecified atom stereocenters. The summed E-state index contributed by atoms with van der Waals surface area (Å²) in [6.07, 6.45) is 0. The highest BCUT2D eigenvalue weighted by molar-refractivity contribution is 5.67. The molecule has 2 aromatic carbocycles. The molecule has 0 fully saturated rings. The van der Waals surface area contributed by atoms with E-state index < -0.39 is 11.0 Å². The van der Waals surface area contributed by atoms with Crippen molar-refractivity contribution < 1.29 is 19.1 Å². The van der Waals surface area contributed by atoms with Crippen LogP contribution in [-0.4, -0.2) is 41.4 Å². The molecule has 0 spiro atoms. The van der Waals surface area contributed by atoms with E-state index in [1.165, 1.54) is 32.4 Å². The topological polar surface area (TPSA) is 138 Å². The number of nitrogens with one attached hydrogen (secondary N) is 1. The average Bonchev–Trinajstić information content (AvgIpc) is 3.22. The normalized spacial score (nSPS) is 11.7. The van der Waals surface area contributed by atoms with Crippen molar-refractivity contribution in [1.82, 2.24) is 15.2 Å². The molecule has 3 rings (SSSR count). The van der Waals surface area contributed by atoms with Crippen LogP contribution in [0.15, 0.2) is 36.4 Å². The van der Waals surface area contributed by atoms with E-state index >= 15 is 0 Å². The number of hydrogen-bond acceptors (Lipinski definition) is 8. The summed E-state index contributed by atoms with van der Waals surface area (Å²) in [6, 6.07) is 8.87. The summed E-state index contributed by atoms with van der Waals surface area (Å²) in [5, 5.41) is 18.0. The maximum Gasteiger partial charge on any atom is 0.270 e. The monoisotopic (exact) mass is 385 g/mol. The minimum atomic E-state index is -0.620. The number of hydrogen-bond donors (Lipinski definition) is 2. The number of nitrogens with zero attached hydrogens (tertiary/aromatic N) is 3. The molecular formula is C18H19N5O5. The number of ether oxygens (including phenoxy) is 3. The van der Waals surface area contributed by atoms with Gasteiger partial charge in [0.25, 0.3) is 5.69 Å². The first-order valence-corrected chi connectivity index (χ1v) is 8.21. The van der Waals surface area contributed by atoms with Crippen LogP contribution in [0.25, 0.3) is 11.4 Å². The summed E-state index contributed by atoms with van der Waals surface area (Å²) in [5.41, 5.74) is 7.33. The number of nitro groups is 1. The second kappa shape index (κ2) is 7.92. The number of aromatic amines is 1. The third-order valence-electron chi connectivity index (χ3n) is 4.20. The number of benzene rings is 2. The van der Waals surface area contributed by atoms with Gasteiger partial charge in [-0.15, -0.1) is 0 Å². The molecule has 0 aliphatic heterocycles. The molecule has 28 heavy (non-hydrogen) atoms. The lowest BCUT2D eigenvalue weighted by atomic mass is 10.1. The zero-order valence-corrected chi connectivity index (χ0v) is 15.5. The van der Waals surface area contributed by atoms with Gasteiger partial charge in [-0.1, -0.05) is 6.07 Å². The van der Waals surface area contributed by atoms with Crippen molar-refractivity contribution in [3.63, 3.8) is 0 Å². The minimum Gasteiger partial charge on any atom is -0.496 e. The van der Waals surface area contributed by atoms with E-state index in [4.69, 9.17) is 19.9 Å². The summed E-state index contributed by atoms with van der Waals surface area (Å²) < 4.78 is 15.8. The Morgan fingerprint density at radius 2 is 1.71 bits per heavy atom. The van der Waals surface area contributed by atoms with Crippen molar-refractivity contribution in [2.24, 2.45) is 5.73 Å². The van der Waals surface area contributed by atoms with Gasteiger partial charge in [0.1, 0.15) is 11.6 Å². The summed E-state index contributed by atoms with van der Waals surface area (Å²) in [4.78, 5) is 15.0. The van der Waals surface area contributed by atoms with Crippen molar-refractivity contribution >= 4 is 5.69 Å². The molecule has 146 valence electrons. The minimum absolute atomic E-state index is 0.0914. The van der Waals surface area contributed by atoms with Gasteiger partial charge in [0.2, 0.25) is 0 Å². The van der Waals surface area contributed by atoms with Crippen LogP contribution in [0, 0.1) is 10.1 Å². The van der Waals surface area contributed by atoms with Gasteiger partial charge in [0.15, 0.2) is 17.3 Å². The Morgan fingerprint density at radius 1 is 1.04 bits per heavy atom. The highest BCUT2D eigenvalue weighted by atomic mass is 16.6. The average molecular weight is 385 g/mol. The first-order valence-electron chi connectivity index (χ1n) is 8.21. The summed E-state index contributed by atoms with van der Waals surface area (Å²) in [6.45, 7) is 0. The number of methoxy groups -OCH3 is 3. The SMILES string of the molecule is COc1ccc(C(N)c2nc(-c3cc([N+](=O)[O-])ccc3OC)n[nH]2)cc1OC. The molecule has 3 aromatic rings. The molecule has 1 aromatic heterocycles.